The molecule has 0 heterocycles. The average molecular weight is 346 g/mol. The highest BCUT2D eigenvalue weighted by molar-refractivity contribution is 7.87. The van der Waals surface area contributed by atoms with E-state index in [0.29, 0.717) is 5.56 Å². The van der Waals surface area contributed by atoms with Crippen molar-refractivity contribution in [1.82, 2.24) is 9.03 Å². The molecule has 0 aliphatic rings. The smallest absolute Gasteiger partial charge is 0.335 e. The number of methoxy groups -OCH3 is 2. The molecular weight excluding hydrogens is 324 g/mol. The van der Waals surface area contributed by atoms with Crippen LogP contribution in [0.2, 0.25) is 0 Å². The highest BCUT2D eigenvalue weighted by Crippen LogP contribution is 2.06. The summed E-state index contributed by atoms with van der Waals surface area (Å²) in [6.45, 7) is 1.05. The number of aromatic carboxylic acids is 1. The van der Waals surface area contributed by atoms with Crippen LogP contribution >= 0.6 is 0 Å². The highest BCUT2D eigenvalue weighted by atomic mass is 32.2. The van der Waals surface area contributed by atoms with Crippen molar-refractivity contribution in [2.24, 2.45) is 0 Å². The van der Waals surface area contributed by atoms with Crippen LogP contribution in [0.25, 0.3) is 0 Å². The van der Waals surface area contributed by atoms with Crippen molar-refractivity contribution in [2.75, 3.05) is 40.5 Å². The first kappa shape index (κ1) is 19.5. The molecule has 1 rings (SSSR count). The Labute approximate surface area is 136 Å². The maximum absolute atomic E-state index is 12.3. The van der Waals surface area contributed by atoms with Crippen LogP contribution in [-0.2, 0) is 26.2 Å². The SMILES string of the molecule is COCCN(CCOC)S(=O)(=O)NCc1ccc(C(=O)O)cc1. The van der Waals surface area contributed by atoms with Gasteiger partial charge >= 0.3 is 5.97 Å². The molecule has 23 heavy (non-hydrogen) atoms. The quantitative estimate of drug-likeness (QED) is 0.598. The predicted molar refractivity (Wildman–Crippen MR) is 84.5 cm³/mol. The number of carboxylic acids is 1. The summed E-state index contributed by atoms with van der Waals surface area (Å²) in [6, 6.07) is 6.00. The first-order valence-corrected chi connectivity index (χ1v) is 8.39. The summed E-state index contributed by atoms with van der Waals surface area (Å²) in [6.07, 6.45) is 0. The Bertz CT molecular complexity index is 580. The van der Waals surface area contributed by atoms with Crippen LogP contribution in [0.1, 0.15) is 15.9 Å². The molecule has 0 spiro atoms. The Hall–Kier alpha value is -1.52. The summed E-state index contributed by atoms with van der Waals surface area (Å²) in [4.78, 5) is 10.8. The van der Waals surface area contributed by atoms with Crippen molar-refractivity contribution in [1.29, 1.82) is 0 Å². The average Bonchev–Trinajstić information content (AvgIpc) is 2.53. The minimum Gasteiger partial charge on any atom is -0.478 e. The van der Waals surface area contributed by atoms with E-state index in [1.54, 1.807) is 12.1 Å². The summed E-state index contributed by atoms with van der Waals surface area (Å²) in [5.74, 6) is -1.03. The summed E-state index contributed by atoms with van der Waals surface area (Å²) in [5, 5.41) is 8.83. The Morgan fingerprint density at radius 2 is 1.65 bits per heavy atom. The van der Waals surface area contributed by atoms with Gasteiger partial charge in [-0.05, 0) is 17.7 Å². The molecule has 1 aromatic rings. The topological polar surface area (TPSA) is 105 Å². The highest BCUT2D eigenvalue weighted by Gasteiger charge is 2.21. The van der Waals surface area contributed by atoms with Crippen LogP contribution in [0.3, 0.4) is 0 Å². The largest absolute Gasteiger partial charge is 0.478 e. The third-order valence-electron chi connectivity index (χ3n) is 3.09. The van der Waals surface area contributed by atoms with E-state index < -0.39 is 16.2 Å². The van der Waals surface area contributed by atoms with Gasteiger partial charge in [-0.25, -0.2) is 4.79 Å². The fourth-order valence-corrected chi connectivity index (χ4v) is 2.93. The monoisotopic (exact) mass is 346 g/mol. The molecule has 1 aromatic carbocycles. The Morgan fingerprint density at radius 3 is 2.09 bits per heavy atom. The van der Waals surface area contributed by atoms with E-state index in [0.717, 1.165) is 0 Å². The van der Waals surface area contributed by atoms with E-state index in [1.807, 2.05) is 0 Å². The molecule has 0 saturated heterocycles. The number of nitrogens with zero attached hydrogens (tertiary/aromatic N) is 1. The number of benzene rings is 1. The van der Waals surface area contributed by atoms with Crippen molar-refractivity contribution in [3.05, 3.63) is 35.4 Å². The molecule has 130 valence electrons. The minimum absolute atomic E-state index is 0.0682. The molecule has 0 aliphatic heterocycles. The van der Waals surface area contributed by atoms with Crippen molar-refractivity contribution >= 4 is 16.2 Å². The van der Waals surface area contributed by atoms with Crippen molar-refractivity contribution < 1.29 is 27.8 Å². The van der Waals surface area contributed by atoms with E-state index >= 15 is 0 Å². The standard InChI is InChI=1S/C14H22N2O6S/c1-21-9-7-16(8-10-22-2)23(19,20)15-11-12-3-5-13(6-4-12)14(17)18/h3-6,15H,7-11H2,1-2H3,(H,17,18). The van der Waals surface area contributed by atoms with Gasteiger partial charge in [0.05, 0.1) is 18.8 Å². The number of nitrogens with one attached hydrogen (secondary N) is 1. The molecule has 0 aliphatic carbocycles. The van der Waals surface area contributed by atoms with Gasteiger partial charge in [0.1, 0.15) is 0 Å². The molecular formula is C14H22N2O6S. The van der Waals surface area contributed by atoms with Gasteiger partial charge in [0.2, 0.25) is 0 Å². The molecule has 2 N–H and O–H groups in total. The molecule has 0 saturated carbocycles. The zero-order valence-corrected chi connectivity index (χ0v) is 14.0. The first-order chi connectivity index (χ1) is 10.9. The molecule has 9 heteroatoms. The molecule has 0 atom stereocenters. The second-order valence-electron chi connectivity index (χ2n) is 4.71. The van der Waals surface area contributed by atoms with Gasteiger partial charge in [-0.15, -0.1) is 0 Å². The van der Waals surface area contributed by atoms with Gasteiger partial charge in [-0.2, -0.15) is 17.4 Å². The lowest BCUT2D eigenvalue weighted by Gasteiger charge is -2.21. The van der Waals surface area contributed by atoms with Gasteiger partial charge < -0.3 is 14.6 Å². The van der Waals surface area contributed by atoms with Crippen LogP contribution in [0, 0.1) is 0 Å². The lowest BCUT2D eigenvalue weighted by molar-refractivity contribution is 0.0697. The molecule has 0 unspecified atom stereocenters. The van der Waals surface area contributed by atoms with E-state index in [2.05, 4.69) is 4.72 Å². The number of ether oxygens (including phenoxy) is 2. The third-order valence-corrected chi connectivity index (χ3v) is 4.64. The molecule has 0 fully saturated rings. The van der Waals surface area contributed by atoms with Gasteiger partial charge in [0.25, 0.3) is 10.2 Å². The van der Waals surface area contributed by atoms with Gasteiger partial charge in [-0.3, -0.25) is 0 Å². The van der Waals surface area contributed by atoms with Crippen LogP contribution < -0.4 is 4.72 Å². The minimum atomic E-state index is -3.68. The third kappa shape index (κ3) is 6.63. The summed E-state index contributed by atoms with van der Waals surface area (Å²) < 4.78 is 38.2. The normalized spacial score (nSPS) is 11.8. The zero-order chi connectivity index (χ0) is 17.3. The van der Waals surface area contributed by atoms with E-state index in [9.17, 15) is 13.2 Å². The second-order valence-corrected chi connectivity index (χ2v) is 6.47. The number of carbonyl (C=O) groups is 1. The molecule has 0 bridgehead atoms. The summed E-state index contributed by atoms with van der Waals surface area (Å²) in [5.41, 5.74) is 0.815. The molecule has 0 radical (unpaired) electrons. The lowest BCUT2D eigenvalue weighted by Crippen LogP contribution is -2.43. The van der Waals surface area contributed by atoms with Crippen LogP contribution in [0.4, 0.5) is 0 Å². The van der Waals surface area contributed by atoms with Crippen molar-refractivity contribution in [3.63, 3.8) is 0 Å². The van der Waals surface area contributed by atoms with Gasteiger partial charge in [-0.1, -0.05) is 12.1 Å². The van der Waals surface area contributed by atoms with E-state index in [4.69, 9.17) is 14.6 Å². The second kappa shape index (κ2) is 9.58. The fourth-order valence-electron chi connectivity index (χ4n) is 1.77. The van der Waals surface area contributed by atoms with Crippen LogP contribution in [-0.4, -0.2) is 64.3 Å². The fraction of sp³-hybridized carbons (Fsp3) is 0.500. The predicted octanol–water partition coefficient (Wildman–Crippen LogP) is 0.314. The Morgan fingerprint density at radius 1 is 1.13 bits per heavy atom. The summed E-state index contributed by atoms with van der Waals surface area (Å²) >= 11 is 0. The Balaban J connectivity index is 2.68. The maximum Gasteiger partial charge on any atom is 0.335 e. The van der Waals surface area contributed by atoms with Gasteiger partial charge in [0.15, 0.2) is 0 Å². The molecule has 0 amide bonds. The first-order valence-electron chi connectivity index (χ1n) is 6.95. The number of hydrogen-bond donors (Lipinski definition) is 2. The number of rotatable bonds is 11. The van der Waals surface area contributed by atoms with E-state index in [-0.39, 0.29) is 38.4 Å². The molecule has 0 aromatic heterocycles. The number of hydrogen-bond acceptors (Lipinski definition) is 5. The van der Waals surface area contributed by atoms with Crippen LogP contribution in [0.5, 0.6) is 0 Å². The zero-order valence-electron chi connectivity index (χ0n) is 13.2. The number of carboxylic acid groups (broad SMARTS) is 1. The van der Waals surface area contributed by atoms with Crippen molar-refractivity contribution in [3.8, 4) is 0 Å². The van der Waals surface area contributed by atoms with E-state index in [1.165, 1.54) is 30.7 Å². The lowest BCUT2D eigenvalue weighted by atomic mass is 10.1. The van der Waals surface area contributed by atoms with Gasteiger partial charge in [0, 0.05) is 33.9 Å². The Kier molecular flexibility index (Phi) is 8.13. The molecule has 8 nitrogen and oxygen atoms in total. The van der Waals surface area contributed by atoms with Crippen LogP contribution in [0.15, 0.2) is 24.3 Å². The van der Waals surface area contributed by atoms with Crippen molar-refractivity contribution in [2.45, 2.75) is 6.54 Å². The summed E-state index contributed by atoms with van der Waals surface area (Å²) in [7, 11) is -0.687. The maximum atomic E-state index is 12.3.